The highest BCUT2D eigenvalue weighted by atomic mass is 19.4. The fraction of sp³-hybridized carbons (Fsp3) is 0.667. The molecule has 0 unspecified atom stereocenters. The van der Waals surface area contributed by atoms with Gasteiger partial charge in [-0.05, 0) is 31.6 Å². The summed E-state index contributed by atoms with van der Waals surface area (Å²) >= 11 is 0. The number of amides is 1. The second-order valence-corrected chi connectivity index (χ2v) is 9.90. The van der Waals surface area contributed by atoms with Gasteiger partial charge in [0.1, 0.15) is 6.10 Å². The molecular weight excluding hydrogens is 447 g/mol. The average Bonchev–Trinajstić information content (AvgIpc) is 2.71. The molecule has 2 heterocycles. The molecular formula is C24H32F3N5O2. The SMILES string of the molecule is CC(=O)NC1CC(Oc2ncc(C3CCC(C)CC3)c3nc(N[C@@H](C)CC(F)(F)F)ncc23)C1. The van der Waals surface area contributed by atoms with E-state index in [1.807, 2.05) is 0 Å². The van der Waals surface area contributed by atoms with Gasteiger partial charge in [-0.2, -0.15) is 13.2 Å². The molecule has 0 bridgehead atoms. The molecule has 2 aromatic rings. The number of ether oxygens (including phenoxy) is 1. The van der Waals surface area contributed by atoms with E-state index in [1.165, 1.54) is 13.8 Å². The zero-order chi connectivity index (χ0) is 24.5. The second-order valence-electron chi connectivity index (χ2n) is 9.90. The summed E-state index contributed by atoms with van der Waals surface area (Å²) in [4.78, 5) is 24.7. The van der Waals surface area contributed by atoms with Crippen molar-refractivity contribution in [3.8, 4) is 5.88 Å². The van der Waals surface area contributed by atoms with Gasteiger partial charge in [0.25, 0.3) is 0 Å². The van der Waals surface area contributed by atoms with E-state index in [4.69, 9.17) is 4.74 Å². The smallest absolute Gasteiger partial charge is 0.391 e. The van der Waals surface area contributed by atoms with Crippen LogP contribution in [0.3, 0.4) is 0 Å². The normalized spacial score (nSPS) is 25.9. The minimum absolute atomic E-state index is 0.0636. The van der Waals surface area contributed by atoms with E-state index >= 15 is 0 Å². The maximum Gasteiger partial charge on any atom is 0.391 e. The Morgan fingerprint density at radius 1 is 1.18 bits per heavy atom. The molecule has 186 valence electrons. The van der Waals surface area contributed by atoms with Gasteiger partial charge in [-0.15, -0.1) is 0 Å². The fourth-order valence-corrected chi connectivity index (χ4v) is 4.89. The number of hydrogen-bond donors (Lipinski definition) is 2. The van der Waals surface area contributed by atoms with Gasteiger partial charge < -0.3 is 15.4 Å². The molecule has 2 saturated carbocycles. The zero-order valence-corrected chi connectivity index (χ0v) is 19.8. The van der Waals surface area contributed by atoms with Gasteiger partial charge in [-0.1, -0.05) is 19.8 Å². The fourth-order valence-electron chi connectivity index (χ4n) is 4.89. The van der Waals surface area contributed by atoms with Gasteiger partial charge in [0.2, 0.25) is 17.7 Å². The first-order valence-corrected chi connectivity index (χ1v) is 12.0. The summed E-state index contributed by atoms with van der Waals surface area (Å²) in [5.74, 6) is 1.50. The Morgan fingerprint density at radius 3 is 2.53 bits per heavy atom. The first-order valence-electron chi connectivity index (χ1n) is 12.0. The van der Waals surface area contributed by atoms with Crippen LogP contribution in [0.4, 0.5) is 19.1 Å². The van der Waals surface area contributed by atoms with E-state index < -0.39 is 18.6 Å². The lowest BCUT2D eigenvalue weighted by atomic mass is 9.79. The predicted octanol–water partition coefficient (Wildman–Crippen LogP) is 5.12. The topological polar surface area (TPSA) is 89.0 Å². The number of halogens is 3. The molecule has 10 heteroatoms. The minimum atomic E-state index is -4.27. The molecule has 0 aromatic carbocycles. The van der Waals surface area contributed by atoms with Crippen molar-refractivity contribution in [1.82, 2.24) is 20.3 Å². The number of carbonyl (C=O) groups is 1. The Balaban J connectivity index is 1.59. The summed E-state index contributed by atoms with van der Waals surface area (Å²) < 4.78 is 44.5. The van der Waals surface area contributed by atoms with E-state index in [0.29, 0.717) is 41.5 Å². The quantitative estimate of drug-likeness (QED) is 0.573. The summed E-state index contributed by atoms with van der Waals surface area (Å²) in [6.07, 6.45) is 3.77. The number of nitrogens with zero attached hydrogens (tertiary/aromatic N) is 3. The van der Waals surface area contributed by atoms with Crippen LogP contribution in [0.5, 0.6) is 5.88 Å². The van der Waals surface area contributed by atoms with Crippen LogP contribution in [-0.2, 0) is 4.79 Å². The number of nitrogens with one attached hydrogen (secondary N) is 2. The van der Waals surface area contributed by atoms with Crippen molar-refractivity contribution in [1.29, 1.82) is 0 Å². The van der Waals surface area contributed by atoms with Crippen LogP contribution < -0.4 is 15.4 Å². The molecule has 2 aromatic heterocycles. The molecule has 7 nitrogen and oxygen atoms in total. The summed E-state index contributed by atoms with van der Waals surface area (Å²) in [5, 5.41) is 6.33. The van der Waals surface area contributed by atoms with Crippen LogP contribution in [0.2, 0.25) is 0 Å². The highest BCUT2D eigenvalue weighted by Gasteiger charge is 2.33. The Labute approximate surface area is 197 Å². The van der Waals surface area contributed by atoms with Gasteiger partial charge in [0, 0.05) is 49.8 Å². The number of anilines is 1. The van der Waals surface area contributed by atoms with Crippen LogP contribution in [0.15, 0.2) is 12.4 Å². The van der Waals surface area contributed by atoms with Gasteiger partial charge in [0.05, 0.1) is 17.3 Å². The standard InChI is InChI=1S/C24H32F3N5O2/c1-13-4-6-16(7-5-13)19-11-28-22(34-18-8-17(9-18)31-15(3)33)20-12-29-23(32-21(19)20)30-14(2)10-24(25,26)27/h11-14,16-18H,4-10H2,1-3H3,(H,31,33)(H,29,30,32)/t13?,14-,16?,17?,18?/m0/s1. The number of hydrogen-bond acceptors (Lipinski definition) is 6. The van der Waals surface area contributed by atoms with E-state index in [0.717, 1.165) is 31.2 Å². The molecule has 2 aliphatic rings. The van der Waals surface area contributed by atoms with Crippen molar-refractivity contribution in [2.24, 2.45) is 5.92 Å². The van der Waals surface area contributed by atoms with E-state index in [1.54, 1.807) is 12.4 Å². The summed E-state index contributed by atoms with van der Waals surface area (Å²) in [6, 6.07) is -0.755. The van der Waals surface area contributed by atoms with E-state index in [2.05, 4.69) is 32.5 Å². The van der Waals surface area contributed by atoms with Crippen molar-refractivity contribution in [2.75, 3.05) is 5.32 Å². The summed E-state index contributed by atoms with van der Waals surface area (Å²) in [5.41, 5.74) is 1.67. The number of aromatic nitrogens is 3. The highest BCUT2D eigenvalue weighted by molar-refractivity contribution is 5.86. The van der Waals surface area contributed by atoms with Crippen LogP contribution >= 0.6 is 0 Å². The molecule has 2 fully saturated rings. The van der Waals surface area contributed by atoms with Crippen LogP contribution in [0, 0.1) is 5.92 Å². The molecule has 0 aliphatic heterocycles. The Hall–Kier alpha value is -2.65. The minimum Gasteiger partial charge on any atom is -0.474 e. The second kappa shape index (κ2) is 9.92. The molecule has 1 atom stereocenters. The molecule has 2 N–H and O–H groups in total. The van der Waals surface area contributed by atoms with Gasteiger partial charge in [-0.25, -0.2) is 15.0 Å². The first kappa shape index (κ1) is 24.5. The Kier molecular flexibility index (Phi) is 7.14. The molecule has 0 radical (unpaired) electrons. The highest BCUT2D eigenvalue weighted by Crippen LogP contribution is 2.40. The molecule has 34 heavy (non-hydrogen) atoms. The van der Waals surface area contributed by atoms with Crippen LogP contribution in [-0.4, -0.2) is 45.2 Å². The zero-order valence-electron chi connectivity index (χ0n) is 19.8. The van der Waals surface area contributed by atoms with Crippen molar-refractivity contribution < 1.29 is 22.7 Å². The van der Waals surface area contributed by atoms with E-state index in [9.17, 15) is 18.0 Å². The molecule has 2 aliphatic carbocycles. The molecule has 1 amide bonds. The van der Waals surface area contributed by atoms with Crippen molar-refractivity contribution in [3.63, 3.8) is 0 Å². The predicted molar refractivity (Wildman–Crippen MR) is 123 cm³/mol. The van der Waals surface area contributed by atoms with Gasteiger partial charge in [0.15, 0.2) is 0 Å². The molecule has 4 rings (SSSR count). The lowest BCUT2D eigenvalue weighted by molar-refractivity contribution is -0.136. The number of carbonyl (C=O) groups excluding carboxylic acids is 1. The third-order valence-electron chi connectivity index (χ3n) is 6.76. The van der Waals surface area contributed by atoms with Crippen molar-refractivity contribution in [3.05, 3.63) is 18.0 Å². The number of fused-ring (bicyclic) bond motifs is 1. The molecule has 0 spiro atoms. The number of alkyl halides is 3. The third-order valence-corrected chi connectivity index (χ3v) is 6.76. The number of pyridine rings is 1. The lowest BCUT2D eigenvalue weighted by Crippen LogP contribution is -2.48. The van der Waals surface area contributed by atoms with E-state index in [-0.39, 0.29) is 24.0 Å². The Morgan fingerprint density at radius 2 is 1.88 bits per heavy atom. The van der Waals surface area contributed by atoms with Crippen molar-refractivity contribution >= 4 is 22.8 Å². The summed E-state index contributed by atoms with van der Waals surface area (Å²) in [7, 11) is 0. The third kappa shape index (κ3) is 6.07. The van der Waals surface area contributed by atoms with Gasteiger partial charge >= 0.3 is 6.18 Å². The lowest BCUT2D eigenvalue weighted by Gasteiger charge is -2.35. The number of rotatable bonds is 7. The maximum absolute atomic E-state index is 12.8. The van der Waals surface area contributed by atoms with Crippen LogP contribution in [0.25, 0.3) is 10.9 Å². The molecule has 0 saturated heterocycles. The maximum atomic E-state index is 12.8. The largest absolute Gasteiger partial charge is 0.474 e. The summed E-state index contributed by atoms with van der Waals surface area (Å²) in [6.45, 7) is 5.21. The van der Waals surface area contributed by atoms with Gasteiger partial charge in [-0.3, -0.25) is 4.79 Å². The van der Waals surface area contributed by atoms with Crippen LogP contribution in [0.1, 0.15) is 77.2 Å². The monoisotopic (exact) mass is 479 g/mol. The first-order chi connectivity index (χ1) is 16.1. The Bertz CT molecular complexity index is 1020. The average molecular weight is 480 g/mol. The van der Waals surface area contributed by atoms with Crippen molar-refractivity contribution in [2.45, 2.75) is 96.0 Å².